The molecule has 0 spiro atoms. The van der Waals surface area contributed by atoms with Gasteiger partial charge < -0.3 is 14.1 Å². The average molecular weight is 429 g/mol. The van der Waals surface area contributed by atoms with Gasteiger partial charge in [-0.25, -0.2) is 4.39 Å². The third-order valence-corrected chi connectivity index (χ3v) is 5.83. The van der Waals surface area contributed by atoms with E-state index < -0.39 is 17.3 Å². The first-order valence-corrected chi connectivity index (χ1v) is 10.2. The van der Waals surface area contributed by atoms with Gasteiger partial charge in [-0.05, 0) is 48.4 Å². The second-order valence-corrected chi connectivity index (χ2v) is 7.91. The Morgan fingerprint density at radius 2 is 1.72 bits per heavy atom. The summed E-state index contributed by atoms with van der Waals surface area (Å²) in [6, 6.07) is 18.2. The summed E-state index contributed by atoms with van der Waals surface area (Å²) in [5, 5.41) is 0.118. The van der Waals surface area contributed by atoms with Gasteiger partial charge in [-0.2, -0.15) is 0 Å². The van der Waals surface area contributed by atoms with Gasteiger partial charge in [0.25, 0.3) is 5.91 Å². The molecule has 160 valence electrons. The minimum absolute atomic E-state index is 0.00189. The monoisotopic (exact) mass is 429 g/mol. The Bertz CT molecular complexity index is 1390. The highest BCUT2D eigenvalue weighted by molar-refractivity contribution is 5.99. The number of benzene rings is 3. The minimum Gasteiger partial charge on any atom is -0.497 e. The van der Waals surface area contributed by atoms with Crippen LogP contribution in [0, 0.1) is 12.7 Å². The van der Waals surface area contributed by atoms with Gasteiger partial charge in [-0.1, -0.05) is 42.0 Å². The first kappa shape index (κ1) is 20.0. The fraction of sp³-hybridized carbons (Fsp3) is 0.154. The third kappa shape index (κ3) is 3.24. The first-order chi connectivity index (χ1) is 15.5. The quantitative estimate of drug-likeness (QED) is 0.458. The van der Waals surface area contributed by atoms with Gasteiger partial charge in [-0.3, -0.25) is 9.59 Å². The predicted molar refractivity (Wildman–Crippen MR) is 118 cm³/mol. The van der Waals surface area contributed by atoms with Gasteiger partial charge in [0, 0.05) is 6.54 Å². The molecule has 1 amide bonds. The second kappa shape index (κ2) is 7.64. The third-order valence-electron chi connectivity index (χ3n) is 5.83. The Balaban J connectivity index is 1.70. The van der Waals surface area contributed by atoms with Crippen LogP contribution in [-0.2, 0) is 6.54 Å². The van der Waals surface area contributed by atoms with Crippen LogP contribution in [-0.4, -0.2) is 17.9 Å². The molecule has 0 aliphatic carbocycles. The SMILES string of the molecule is COc1ccc(C2c3c(oc4ccc(F)cc4c3=O)C(=O)N2Cc2ccc(C)cc2)cc1. The Kier molecular flexibility index (Phi) is 4.78. The lowest BCUT2D eigenvalue weighted by atomic mass is 9.98. The van der Waals surface area contributed by atoms with E-state index in [1.165, 1.54) is 12.1 Å². The number of nitrogens with zero attached hydrogens (tertiary/aromatic N) is 1. The molecule has 0 saturated carbocycles. The van der Waals surface area contributed by atoms with E-state index in [1.54, 1.807) is 24.1 Å². The Morgan fingerprint density at radius 3 is 2.41 bits per heavy atom. The molecule has 1 aromatic heterocycles. The molecule has 2 heterocycles. The fourth-order valence-corrected chi connectivity index (χ4v) is 4.18. The molecule has 0 radical (unpaired) electrons. The van der Waals surface area contributed by atoms with Crippen LogP contribution in [0.4, 0.5) is 4.39 Å². The number of hydrogen-bond acceptors (Lipinski definition) is 4. The summed E-state index contributed by atoms with van der Waals surface area (Å²) in [4.78, 5) is 28.5. The molecular formula is C26H20FNO4. The summed E-state index contributed by atoms with van der Waals surface area (Å²) in [6.07, 6.45) is 0. The molecule has 0 fully saturated rings. The highest BCUT2D eigenvalue weighted by atomic mass is 19.1. The summed E-state index contributed by atoms with van der Waals surface area (Å²) in [5.74, 6) is -0.241. The molecule has 32 heavy (non-hydrogen) atoms. The normalized spacial score (nSPS) is 15.3. The van der Waals surface area contributed by atoms with Crippen molar-refractivity contribution in [2.75, 3.05) is 7.11 Å². The van der Waals surface area contributed by atoms with E-state index in [0.29, 0.717) is 12.3 Å². The molecule has 6 heteroatoms. The van der Waals surface area contributed by atoms with E-state index in [4.69, 9.17) is 9.15 Å². The number of amides is 1. The minimum atomic E-state index is -0.659. The van der Waals surface area contributed by atoms with Crippen LogP contribution in [0.3, 0.4) is 0 Å². The number of rotatable bonds is 4. The molecule has 1 aliphatic heterocycles. The summed E-state index contributed by atoms with van der Waals surface area (Å²) in [5.41, 5.74) is 2.80. The van der Waals surface area contributed by atoms with Gasteiger partial charge in [0.1, 0.15) is 17.1 Å². The largest absolute Gasteiger partial charge is 0.497 e. The number of carbonyl (C=O) groups is 1. The maximum Gasteiger partial charge on any atom is 0.291 e. The van der Waals surface area contributed by atoms with Crippen LogP contribution in [0.1, 0.15) is 38.9 Å². The van der Waals surface area contributed by atoms with E-state index in [0.717, 1.165) is 22.8 Å². The molecule has 4 aromatic rings. The predicted octanol–water partition coefficient (Wildman–Crippen LogP) is 4.99. The molecule has 0 N–H and O–H groups in total. The maximum absolute atomic E-state index is 13.9. The molecule has 5 rings (SSSR count). The molecule has 5 nitrogen and oxygen atoms in total. The van der Waals surface area contributed by atoms with E-state index in [2.05, 4.69) is 0 Å². The average Bonchev–Trinajstić information content (AvgIpc) is 3.08. The molecule has 0 bridgehead atoms. The van der Waals surface area contributed by atoms with Crippen molar-refractivity contribution in [3.63, 3.8) is 0 Å². The van der Waals surface area contributed by atoms with Crippen molar-refractivity contribution in [3.8, 4) is 5.75 Å². The number of fused-ring (bicyclic) bond motifs is 2. The van der Waals surface area contributed by atoms with Gasteiger partial charge in [0.15, 0.2) is 5.43 Å². The zero-order valence-corrected chi connectivity index (χ0v) is 17.6. The highest BCUT2D eigenvalue weighted by Crippen LogP contribution is 2.39. The van der Waals surface area contributed by atoms with Gasteiger partial charge in [-0.15, -0.1) is 0 Å². The van der Waals surface area contributed by atoms with E-state index in [1.807, 2.05) is 43.3 Å². The van der Waals surface area contributed by atoms with Crippen molar-refractivity contribution in [2.45, 2.75) is 19.5 Å². The lowest BCUT2D eigenvalue weighted by Gasteiger charge is -2.25. The Labute approximate surface area is 183 Å². The van der Waals surface area contributed by atoms with Crippen LogP contribution in [0.2, 0.25) is 0 Å². The first-order valence-electron chi connectivity index (χ1n) is 10.2. The van der Waals surface area contributed by atoms with Crippen molar-refractivity contribution < 1.29 is 18.3 Å². The van der Waals surface area contributed by atoms with Crippen LogP contribution in [0.5, 0.6) is 5.75 Å². The van der Waals surface area contributed by atoms with Crippen molar-refractivity contribution in [3.05, 3.63) is 111 Å². The molecule has 1 aliphatic rings. The number of methoxy groups -OCH3 is 1. The van der Waals surface area contributed by atoms with Crippen LogP contribution < -0.4 is 10.2 Å². The molecule has 0 saturated heterocycles. The summed E-state index contributed by atoms with van der Waals surface area (Å²) >= 11 is 0. The zero-order chi connectivity index (χ0) is 22.4. The maximum atomic E-state index is 13.9. The smallest absolute Gasteiger partial charge is 0.291 e. The number of ether oxygens (including phenoxy) is 1. The number of halogens is 1. The number of hydrogen-bond donors (Lipinski definition) is 0. The zero-order valence-electron chi connectivity index (χ0n) is 17.6. The van der Waals surface area contributed by atoms with Gasteiger partial charge >= 0.3 is 0 Å². The van der Waals surface area contributed by atoms with Crippen LogP contribution in [0.25, 0.3) is 11.0 Å². The molecule has 3 aromatic carbocycles. The van der Waals surface area contributed by atoms with Crippen LogP contribution >= 0.6 is 0 Å². The van der Waals surface area contributed by atoms with Crippen molar-refractivity contribution in [2.24, 2.45) is 0 Å². The van der Waals surface area contributed by atoms with Crippen molar-refractivity contribution in [1.29, 1.82) is 0 Å². The molecule has 1 atom stereocenters. The molecule has 1 unspecified atom stereocenters. The lowest BCUT2D eigenvalue weighted by Crippen LogP contribution is -2.29. The number of carbonyl (C=O) groups excluding carboxylic acids is 1. The Morgan fingerprint density at radius 1 is 1.00 bits per heavy atom. The standard InChI is InChI=1S/C26H20FNO4/c1-15-3-5-16(6-4-15)14-28-23(17-7-10-19(31-2)11-8-17)22-24(29)20-13-18(27)9-12-21(20)32-25(22)26(28)30/h3-13,23H,14H2,1-2H3. The van der Waals surface area contributed by atoms with E-state index in [-0.39, 0.29) is 28.2 Å². The lowest BCUT2D eigenvalue weighted by molar-refractivity contribution is 0.0714. The van der Waals surface area contributed by atoms with E-state index >= 15 is 0 Å². The summed E-state index contributed by atoms with van der Waals surface area (Å²) < 4.78 is 25.0. The van der Waals surface area contributed by atoms with Gasteiger partial charge in [0.2, 0.25) is 5.76 Å². The Hall–Kier alpha value is -3.93. The fourth-order valence-electron chi connectivity index (χ4n) is 4.18. The van der Waals surface area contributed by atoms with Gasteiger partial charge in [0.05, 0.1) is 24.1 Å². The van der Waals surface area contributed by atoms with E-state index in [9.17, 15) is 14.0 Å². The molecular weight excluding hydrogens is 409 g/mol. The highest BCUT2D eigenvalue weighted by Gasteiger charge is 2.42. The van der Waals surface area contributed by atoms with Crippen molar-refractivity contribution in [1.82, 2.24) is 4.90 Å². The van der Waals surface area contributed by atoms with Crippen LogP contribution in [0.15, 0.2) is 75.9 Å². The number of aryl methyl sites for hydroxylation is 1. The summed E-state index contributed by atoms with van der Waals surface area (Å²) in [7, 11) is 1.57. The second-order valence-electron chi connectivity index (χ2n) is 7.91. The topological polar surface area (TPSA) is 59.8 Å². The summed E-state index contributed by atoms with van der Waals surface area (Å²) in [6.45, 7) is 2.29. The van der Waals surface area contributed by atoms with Crippen molar-refractivity contribution >= 4 is 16.9 Å².